The molecule has 0 bridgehead atoms. The Morgan fingerprint density at radius 2 is 1.73 bits per heavy atom. The molecular formula is C32H26F2N6O4. The summed E-state index contributed by atoms with van der Waals surface area (Å²) >= 11 is 0. The van der Waals surface area contributed by atoms with E-state index in [0.717, 1.165) is 16.7 Å². The molecule has 10 nitrogen and oxygen atoms in total. The third kappa shape index (κ3) is 5.33. The van der Waals surface area contributed by atoms with Crippen LogP contribution < -0.4 is 16.0 Å². The minimum absolute atomic E-state index is 0.0745. The maximum absolute atomic E-state index is 15.3. The number of hydrogen-bond acceptors (Lipinski definition) is 6. The fraction of sp³-hybridized carbons (Fsp3) is 0.156. The Hall–Kier alpha value is -5.65. The summed E-state index contributed by atoms with van der Waals surface area (Å²) in [5.41, 5.74) is 0.671. The van der Waals surface area contributed by atoms with Crippen LogP contribution in [-0.2, 0) is 13.5 Å². The summed E-state index contributed by atoms with van der Waals surface area (Å²) in [6, 6.07) is 12.0. The van der Waals surface area contributed by atoms with E-state index in [4.69, 9.17) is 4.74 Å². The summed E-state index contributed by atoms with van der Waals surface area (Å²) < 4.78 is 40.3. The number of aromatic nitrogens is 6. The van der Waals surface area contributed by atoms with Crippen LogP contribution in [0.3, 0.4) is 0 Å². The van der Waals surface area contributed by atoms with Gasteiger partial charge < -0.3 is 9.30 Å². The Morgan fingerprint density at radius 3 is 2.41 bits per heavy atom. The standard InChI is InChI=1S/C32H26F2N6O4/c1-19(2)38-16-24(31(42)40(32(38)43)23-7-5-22(33)6-8-23)28(41)13-20-4-9-29(25(34)12-20)44-30-14-21(26-17-37(3)18-35-26)15-39-27(30)10-11-36-39/h4-12,14-19H,13H2,1-3H3. The molecule has 0 radical (unpaired) electrons. The lowest BCUT2D eigenvalue weighted by Crippen LogP contribution is -2.42. The third-order valence-electron chi connectivity index (χ3n) is 7.11. The van der Waals surface area contributed by atoms with Gasteiger partial charge in [-0.25, -0.2) is 27.6 Å². The molecule has 0 aliphatic carbocycles. The summed E-state index contributed by atoms with van der Waals surface area (Å²) in [7, 11) is 1.85. The van der Waals surface area contributed by atoms with E-state index in [9.17, 15) is 18.8 Å². The molecule has 222 valence electrons. The van der Waals surface area contributed by atoms with Crippen molar-refractivity contribution in [2.75, 3.05) is 0 Å². The maximum atomic E-state index is 15.3. The lowest BCUT2D eigenvalue weighted by molar-refractivity contribution is 0.0990. The Labute approximate surface area is 249 Å². The monoisotopic (exact) mass is 596 g/mol. The number of rotatable bonds is 8. The number of aryl methyl sites for hydroxylation is 1. The van der Waals surface area contributed by atoms with Gasteiger partial charge in [-0.2, -0.15) is 5.10 Å². The van der Waals surface area contributed by atoms with Crippen molar-refractivity contribution in [1.82, 2.24) is 28.3 Å². The van der Waals surface area contributed by atoms with Crippen LogP contribution in [0.1, 0.15) is 35.8 Å². The predicted octanol–water partition coefficient (Wildman–Crippen LogP) is 5.12. The average Bonchev–Trinajstić information content (AvgIpc) is 3.64. The van der Waals surface area contributed by atoms with Crippen LogP contribution in [0, 0.1) is 11.6 Å². The normalized spacial score (nSPS) is 11.4. The molecule has 0 saturated heterocycles. The summed E-state index contributed by atoms with van der Waals surface area (Å²) in [5.74, 6) is -1.59. The zero-order chi connectivity index (χ0) is 31.1. The van der Waals surface area contributed by atoms with Crippen LogP contribution >= 0.6 is 0 Å². The van der Waals surface area contributed by atoms with E-state index in [2.05, 4.69) is 10.1 Å². The number of carbonyl (C=O) groups is 1. The van der Waals surface area contributed by atoms with E-state index in [1.54, 1.807) is 53.8 Å². The molecule has 0 aliphatic rings. The molecule has 12 heteroatoms. The van der Waals surface area contributed by atoms with Gasteiger partial charge in [0.15, 0.2) is 23.1 Å². The third-order valence-corrected chi connectivity index (χ3v) is 7.11. The lowest BCUT2D eigenvalue weighted by Gasteiger charge is -2.15. The fourth-order valence-corrected chi connectivity index (χ4v) is 4.87. The predicted molar refractivity (Wildman–Crippen MR) is 159 cm³/mol. The number of pyridine rings is 1. The highest BCUT2D eigenvalue weighted by atomic mass is 19.1. The summed E-state index contributed by atoms with van der Waals surface area (Å²) in [5, 5.41) is 4.28. The van der Waals surface area contributed by atoms with Gasteiger partial charge in [-0.05, 0) is 67.9 Å². The van der Waals surface area contributed by atoms with Crippen molar-refractivity contribution in [1.29, 1.82) is 0 Å². The molecule has 6 rings (SSSR count). The van der Waals surface area contributed by atoms with Crippen molar-refractivity contribution in [3.05, 3.63) is 129 Å². The van der Waals surface area contributed by atoms with Gasteiger partial charge >= 0.3 is 5.69 Å². The zero-order valence-corrected chi connectivity index (χ0v) is 23.9. The molecule has 2 aromatic carbocycles. The van der Waals surface area contributed by atoms with E-state index in [-0.39, 0.29) is 29.5 Å². The van der Waals surface area contributed by atoms with Gasteiger partial charge in [0.25, 0.3) is 5.56 Å². The minimum Gasteiger partial charge on any atom is -0.452 e. The average molecular weight is 597 g/mol. The number of ketones is 1. The van der Waals surface area contributed by atoms with Crippen LogP contribution in [0.5, 0.6) is 11.5 Å². The summed E-state index contributed by atoms with van der Waals surface area (Å²) in [4.78, 5) is 44.2. The van der Waals surface area contributed by atoms with E-state index in [1.807, 2.05) is 13.2 Å². The number of Topliss-reactive ketones (excluding diaryl/α,β-unsaturated/α-hetero) is 1. The van der Waals surface area contributed by atoms with Crippen molar-refractivity contribution in [2.24, 2.45) is 7.05 Å². The van der Waals surface area contributed by atoms with Gasteiger partial charge in [-0.3, -0.25) is 14.2 Å². The van der Waals surface area contributed by atoms with Crippen LogP contribution in [0.25, 0.3) is 22.5 Å². The topological polar surface area (TPSA) is 105 Å². The first-order valence-corrected chi connectivity index (χ1v) is 13.7. The van der Waals surface area contributed by atoms with Crippen molar-refractivity contribution >= 4 is 11.3 Å². The van der Waals surface area contributed by atoms with Gasteiger partial charge in [0, 0.05) is 43.7 Å². The molecule has 0 N–H and O–H groups in total. The highest BCUT2D eigenvalue weighted by Gasteiger charge is 2.21. The quantitative estimate of drug-likeness (QED) is 0.226. The lowest BCUT2D eigenvalue weighted by atomic mass is 10.0. The first-order valence-electron chi connectivity index (χ1n) is 13.7. The Morgan fingerprint density at radius 1 is 0.955 bits per heavy atom. The first kappa shape index (κ1) is 28.5. The van der Waals surface area contributed by atoms with Gasteiger partial charge in [0.2, 0.25) is 0 Å². The highest BCUT2D eigenvalue weighted by molar-refractivity contribution is 5.97. The largest absolute Gasteiger partial charge is 0.452 e. The molecule has 6 aromatic rings. The SMILES string of the molecule is CC(C)n1cc(C(=O)Cc2ccc(Oc3cc(-c4cn(C)cn4)cn4nccc34)c(F)c2)c(=O)n(-c2ccc(F)cc2)c1=O. The molecule has 0 aliphatic heterocycles. The molecule has 0 saturated carbocycles. The number of fused-ring (bicyclic) bond motifs is 1. The molecule has 0 fully saturated rings. The molecule has 0 amide bonds. The van der Waals surface area contributed by atoms with Gasteiger partial charge in [0.05, 0.1) is 23.9 Å². The second-order valence-electron chi connectivity index (χ2n) is 10.6. The van der Waals surface area contributed by atoms with Crippen LogP contribution in [0.15, 0.2) is 95.3 Å². The summed E-state index contributed by atoms with van der Waals surface area (Å²) in [6.45, 7) is 3.46. The molecule has 44 heavy (non-hydrogen) atoms. The highest BCUT2D eigenvalue weighted by Crippen LogP contribution is 2.32. The molecular weight excluding hydrogens is 570 g/mol. The number of carbonyl (C=O) groups excluding carboxylic acids is 1. The van der Waals surface area contributed by atoms with E-state index >= 15 is 4.39 Å². The van der Waals surface area contributed by atoms with Gasteiger partial charge in [0.1, 0.15) is 16.9 Å². The van der Waals surface area contributed by atoms with E-state index < -0.39 is 28.7 Å². The van der Waals surface area contributed by atoms with Gasteiger partial charge in [-0.1, -0.05) is 6.07 Å². The Balaban J connectivity index is 1.30. The molecule has 4 heterocycles. The maximum Gasteiger partial charge on any atom is 0.335 e. The molecule has 0 spiro atoms. The molecule has 0 atom stereocenters. The second kappa shape index (κ2) is 11.2. The summed E-state index contributed by atoms with van der Waals surface area (Å²) in [6.07, 6.45) is 7.80. The van der Waals surface area contributed by atoms with Crippen molar-refractivity contribution in [3.63, 3.8) is 0 Å². The van der Waals surface area contributed by atoms with Crippen LogP contribution in [-0.4, -0.2) is 34.1 Å². The number of hydrogen-bond donors (Lipinski definition) is 0. The molecule has 0 unspecified atom stereocenters. The van der Waals surface area contributed by atoms with Gasteiger partial charge in [-0.15, -0.1) is 0 Å². The van der Waals surface area contributed by atoms with E-state index in [0.29, 0.717) is 28.1 Å². The Bertz CT molecular complexity index is 2160. The number of benzene rings is 2. The number of ether oxygens (including phenoxy) is 1. The van der Waals surface area contributed by atoms with Crippen molar-refractivity contribution in [3.8, 4) is 28.4 Å². The number of halogens is 2. The van der Waals surface area contributed by atoms with Crippen molar-refractivity contribution in [2.45, 2.75) is 26.3 Å². The van der Waals surface area contributed by atoms with E-state index in [1.165, 1.54) is 41.1 Å². The van der Waals surface area contributed by atoms with Crippen LogP contribution in [0.2, 0.25) is 0 Å². The zero-order valence-electron chi connectivity index (χ0n) is 23.9. The molecule has 4 aromatic heterocycles. The smallest absolute Gasteiger partial charge is 0.335 e. The van der Waals surface area contributed by atoms with Crippen molar-refractivity contribution < 1.29 is 18.3 Å². The first-order chi connectivity index (χ1) is 21.1. The second-order valence-corrected chi connectivity index (χ2v) is 10.6. The van der Waals surface area contributed by atoms with Crippen LogP contribution in [0.4, 0.5) is 8.78 Å². The minimum atomic E-state index is -0.846. The fourth-order valence-electron chi connectivity index (χ4n) is 4.87. The number of imidazole rings is 1. The number of nitrogens with zero attached hydrogens (tertiary/aromatic N) is 6. The Kier molecular flexibility index (Phi) is 7.25.